The third-order valence-electron chi connectivity index (χ3n) is 4.04. The van der Waals surface area contributed by atoms with E-state index in [9.17, 15) is 4.39 Å². The molecule has 0 bridgehead atoms. The minimum absolute atomic E-state index is 0.142. The van der Waals surface area contributed by atoms with Crippen molar-refractivity contribution in [2.45, 2.75) is 51.6 Å². The first-order valence-electron chi connectivity index (χ1n) is 7.44. The molecule has 3 heteroatoms. The van der Waals surface area contributed by atoms with E-state index in [1.54, 1.807) is 12.1 Å². The van der Waals surface area contributed by atoms with Crippen molar-refractivity contribution < 1.29 is 4.39 Å². The highest BCUT2D eigenvalue weighted by Crippen LogP contribution is 2.29. The Labute approximate surface area is 116 Å². The number of hydrogen-bond donors (Lipinski definition) is 1. The molecule has 2 nitrogen and oxygen atoms in total. The third-order valence-corrected chi connectivity index (χ3v) is 4.04. The summed E-state index contributed by atoms with van der Waals surface area (Å²) in [6, 6.07) is 5.79. The van der Waals surface area contributed by atoms with Gasteiger partial charge in [-0.3, -0.25) is 0 Å². The lowest BCUT2D eigenvalue weighted by molar-refractivity contribution is 0.612. The summed E-state index contributed by atoms with van der Waals surface area (Å²) in [5.41, 5.74) is 2.25. The molecule has 0 aromatic heterocycles. The minimum atomic E-state index is -0.142. The summed E-state index contributed by atoms with van der Waals surface area (Å²) in [6.07, 6.45) is 6.26. The topological polar surface area (TPSA) is 15.3 Å². The van der Waals surface area contributed by atoms with Crippen molar-refractivity contribution in [3.05, 3.63) is 29.6 Å². The second-order valence-corrected chi connectivity index (χ2v) is 5.50. The Bertz CT molecular complexity index is 400. The number of anilines is 1. The van der Waals surface area contributed by atoms with E-state index in [2.05, 4.69) is 24.2 Å². The first kappa shape index (κ1) is 14.3. The molecule has 19 heavy (non-hydrogen) atoms. The van der Waals surface area contributed by atoms with Crippen LogP contribution in [0.5, 0.6) is 0 Å². The van der Waals surface area contributed by atoms with Crippen molar-refractivity contribution in [2.24, 2.45) is 0 Å². The Morgan fingerprint density at radius 3 is 2.74 bits per heavy atom. The van der Waals surface area contributed by atoms with E-state index in [0.717, 1.165) is 25.1 Å². The highest BCUT2D eigenvalue weighted by atomic mass is 19.1. The van der Waals surface area contributed by atoms with Crippen molar-refractivity contribution in [1.29, 1.82) is 0 Å². The smallest absolute Gasteiger partial charge is 0.123 e. The quantitative estimate of drug-likeness (QED) is 0.788. The van der Waals surface area contributed by atoms with E-state index in [1.165, 1.54) is 31.4 Å². The second kappa shape index (κ2) is 6.90. The van der Waals surface area contributed by atoms with Crippen LogP contribution in [-0.2, 0) is 6.54 Å². The molecule has 0 radical (unpaired) electrons. The maximum Gasteiger partial charge on any atom is 0.123 e. The molecule has 0 aliphatic heterocycles. The van der Waals surface area contributed by atoms with Crippen LogP contribution in [0.2, 0.25) is 0 Å². The van der Waals surface area contributed by atoms with Gasteiger partial charge in [0.1, 0.15) is 5.82 Å². The molecule has 0 atom stereocenters. The summed E-state index contributed by atoms with van der Waals surface area (Å²) < 4.78 is 13.5. The molecule has 0 unspecified atom stereocenters. The number of hydrogen-bond acceptors (Lipinski definition) is 2. The number of benzene rings is 1. The molecular weight excluding hydrogens is 239 g/mol. The van der Waals surface area contributed by atoms with Crippen LogP contribution in [0.3, 0.4) is 0 Å². The zero-order valence-corrected chi connectivity index (χ0v) is 12.1. The molecule has 1 aromatic carbocycles. The van der Waals surface area contributed by atoms with E-state index in [0.29, 0.717) is 6.04 Å². The van der Waals surface area contributed by atoms with Gasteiger partial charge < -0.3 is 10.2 Å². The fourth-order valence-corrected chi connectivity index (χ4v) is 2.93. The maximum absolute atomic E-state index is 13.5. The first-order chi connectivity index (χ1) is 9.22. The highest BCUT2D eigenvalue weighted by Gasteiger charge is 2.21. The van der Waals surface area contributed by atoms with Gasteiger partial charge in [-0.2, -0.15) is 0 Å². The highest BCUT2D eigenvalue weighted by molar-refractivity contribution is 5.54. The zero-order valence-electron chi connectivity index (χ0n) is 12.1. The zero-order chi connectivity index (χ0) is 13.7. The Morgan fingerprint density at radius 1 is 1.32 bits per heavy atom. The molecule has 1 saturated carbocycles. The van der Waals surface area contributed by atoms with Crippen molar-refractivity contribution in [2.75, 3.05) is 18.5 Å². The molecule has 0 saturated heterocycles. The lowest BCUT2D eigenvalue weighted by Crippen LogP contribution is -2.30. The van der Waals surface area contributed by atoms with E-state index in [1.807, 2.05) is 6.07 Å². The SMILES string of the molecule is CCCNCc1cc(F)ccc1N(C)C1CCCC1. The fourth-order valence-electron chi connectivity index (χ4n) is 2.93. The summed E-state index contributed by atoms with van der Waals surface area (Å²) in [5, 5.41) is 3.37. The van der Waals surface area contributed by atoms with Crippen LogP contribution >= 0.6 is 0 Å². The first-order valence-corrected chi connectivity index (χ1v) is 7.44. The van der Waals surface area contributed by atoms with Gasteiger partial charge in [-0.15, -0.1) is 0 Å². The van der Waals surface area contributed by atoms with Gasteiger partial charge in [0.05, 0.1) is 0 Å². The van der Waals surface area contributed by atoms with Crippen molar-refractivity contribution >= 4 is 5.69 Å². The van der Waals surface area contributed by atoms with Gasteiger partial charge in [0.15, 0.2) is 0 Å². The van der Waals surface area contributed by atoms with Crippen LogP contribution in [0.4, 0.5) is 10.1 Å². The second-order valence-electron chi connectivity index (χ2n) is 5.50. The summed E-state index contributed by atoms with van der Waals surface area (Å²) >= 11 is 0. The molecule has 0 spiro atoms. The lowest BCUT2D eigenvalue weighted by atomic mass is 10.1. The van der Waals surface area contributed by atoms with Crippen LogP contribution in [-0.4, -0.2) is 19.6 Å². The molecule has 1 aliphatic rings. The molecular formula is C16H25FN2. The normalized spacial score (nSPS) is 15.9. The number of nitrogens with zero attached hydrogens (tertiary/aromatic N) is 1. The molecule has 2 rings (SSSR count). The summed E-state index contributed by atoms with van der Waals surface area (Å²) in [5.74, 6) is -0.142. The Balaban J connectivity index is 2.12. The van der Waals surface area contributed by atoms with Crippen LogP contribution < -0.4 is 10.2 Å². The molecule has 1 N–H and O–H groups in total. The fraction of sp³-hybridized carbons (Fsp3) is 0.625. The van der Waals surface area contributed by atoms with Gasteiger partial charge >= 0.3 is 0 Å². The standard InChI is InChI=1S/C16H25FN2/c1-3-10-18-12-13-11-14(17)8-9-16(13)19(2)15-6-4-5-7-15/h8-9,11,15,18H,3-7,10,12H2,1-2H3. The molecule has 1 fully saturated rings. The van der Waals surface area contributed by atoms with Crippen molar-refractivity contribution in [3.8, 4) is 0 Å². The number of halogens is 1. The largest absolute Gasteiger partial charge is 0.371 e. The van der Waals surface area contributed by atoms with Crippen molar-refractivity contribution in [1.82, 2.24) is 5.32 Å². The van der Waals surface area contributed by atoms with Crippen LogP contribution in [0, 0.1) is 5.82 Å². The van der Waals surface area contributed by atoms with Gasteiger partial charge in [0.25, 0.3) is 0 Å². The van der Waals surface area contributed by atoms with Crippen LogP contribution in [0.1, 0.15) is 44.6 Å². The number of nitrogens with one attached hydrogen (secondary N) is 1. The summed E-state index contributed by atoms with van der Waals surface area (Å²) in [7, 11) is 2.15. The Hall–Kier alpha value is -1.09. The molecule has 0 heterocycles. The molecule has 0 amide bonds. The Kier molecular flexibility index (Phi) is 5.20. The predicted molar refractivity (Wildman–Crippen MR) is 79.1 cm³/mol. The lowest BCUT2D eigenvalue weighted by Gasteiger charge is -2.29. The van der Waals surface area contributed by atoms with Crippen LogP contribution in [0.15, 0.2) is 18.2 Å². The Morgan fingerprint density at radius 2 is 2.05 bits per heavy atom. The van der Waals surface area contributed by atoms with E-state index >= 15 is 0 Å². The summed E-state index contributed by atoms with van der Waals surface area (Å²) in [4.78, 5) is 2.34. The average molecular weight is 264 g/mol. The molecule has 1 aliphatic carbocycles. The van der Waals surface area contributed by atoms with E-state index in [4.69, 9.17) is 0 Å². The van der Waals surface area contributed by atoms with Crippen molar-refractivity contribution in [3.63, 3.8) is 0 Å². The van der Waals surface area contributed by atoms with Gasteiger partial charge in [0, 0.05) is 25.3 Å². The monoisotopic (exact) mass is 264 g/mol. The van der Waals surface area contributed by atoms with Gasteiger partial charge in [-0.25, -0.2) is 4.39 Å². The molecule has 106 valence electrons. The van der Waals surface area contributed by atoms with Gasteiger partial charge in [0.2, 0.25) is 0 Å². The average Bonchev–Trinajstić information content (AvgIpc) is 2.92. The van der Waals surface area contributed by atoms with E-state index < -0.39 is 0 Å². The maximum atomic E-state index is 13.5. The van der Waals surface area contributed by atoms with Gasteiger partial charge in [-0.1, -0.05) is 19.8 Å². The number of rotatable bonds is 6. The molecule has 1 aromatic rings. The van der Waals surface area contributed by atoms with Gasteiger partial charge in [-0.05, 0) is 49.6 Å². The van der Waals surface area contributed by atoms with Crippen LogP contribution in [0.25, 0.3) is 0 Å². The minimum Gasteiger partial charge on any atom is -0.371 e. The summed E-state index contributed by atoms with van der Waals surface area (Å²) in [6.45, 7) is 3.87. The predicted octanol–water partition coefficient (Wildman–Crippen LogP) is 3.70. The van der Waals surface area contributed by atoms with E-state index in [-0.39, 0.29) is 5.82 Å². The third kappa shape index (κ3) is 3.69.